The SMILES string of the molecule is CCCCC(N)(C(=O)O)C(F)F. The van der Waals surface area contributed by atoms with Crippen molar-refractivity contribution in [3.63, 3.8) is 0 Å². The lowest BCUT2D eigenvalue weighted by Gasteiger charge is -2.22. The zero-order valence-electron chi connectivity index (χ0n) is 6.89. The van der Waals surface area contributed by atoms with Gasteiger partial charge in [-0.1, -0.05) is 19.8 Å². The van der Waals surface area contributed by atoms with Crippen molar-refractivity contribution in [3.05, 3.63) is 0 Å². The van der Waals surface area contributed by atoms with Crippen molar-refractivity contribution in [3.8, 4) is 0 Å². The summed E-state index contributed by atoms with van der Waals surface area (Å²) in [7, 11) is 0. The molecule has 0 rings (SSSR count). The summed E-state index contributed by atoms with van der Waals surface area (Å²) in [6, 6.07) is 0. The van der Waals surface area contributed by atoms with Gasteiger partial charge in [0.2, 0.25) is 0 Å². The Hall–Kier alpha value is -0.710. The van der Waals surface area contributed by atoms with Gasteiger partial charge < -0.3 is 10.8 Å². The van der Waals surface area contributed by atoms with Gasteiger partial charge in [-0.05, 0) is 6.42 Å². The van der Waals surface area contributed by atoms with Crippen LogP contribution in [-0.4, -0.2) is 23.0 Å². The number of carbonyl (C=O) groups is 1. The summed E-state index contributed by atoms with van der Waals surface area (Å²) >= 11 is 0. The van der Waals surface area contributed by atoms with Crippen molar-refractivity contribution < 1.29 is 18.7 Å². The molecular weight excluding hydrogens is 168 g/mol. The number of hydrogen-bond donors (Lipinski definition) is 2. The number of hydrogen-bond acceptors (Lipinski definition) is 2. The van der Waals surface area contributed by atoms with E-state index in [1.54, 1.807) is 6.92 Å². The second-order valence-corrected chi connectivity index (χ2v) is 2.75. The van der Waals surface area contributed by atoms with Crippen LogP contribution in [0.4, 0.5) is 8.78 Å². The second kappa shape index (κ2) is 4.35. The topological polar surface area (TPSA) is 63.3 Å². The van der Waals surface area contributed by atoms with Gasteiger partial charge in [-0.3, -0.25) is 0 Å². The van der Waals surface area contributed by atoms with Crippen LogP contribution in [0.1, 0.15) is 26.2 Å². The molecule has 0 aromatic rings. The number of rotatable bonds is 5. The van der Waals surface area contributed by atoms with Crippen LogP contribution in [-0.2, 0) is 4.79 Å². The highest BCUT2D eigenvalue weighted by molar-refractivity contribution is 5.79. The van der Waals surface area contributed by atoms with Crippen LogP contribution < -0.4 is 5.73 Å². The molecule has 0 aliphatic rings. The maximum Gasteiger partial charge on any atom is 0.329 e. The summed E-state index contributed by atoms with van der Waals surface area (Å²) < 4.78 is 24.3. The van der Waals surface area contributed by atoms with Crippen LogP contribution in [0.25, 0.3) is 0 Å². The Morgan fingerprint density at radius 1 is 1.67 bits per heavy atom. The zero-order valence-corrected chi connectivity index (χ0v) is 6.89. The van der Waals surface area contributed by atoms with Gasteiger partial charge in [0.05, 0.1) is 0 Å². The van der Waals surface area contributed by atoms with Crippen molar-refractivity contribution in [1.82, 2.24) is 0 Å². The van der Waals surface area contributed by atoms with Crippen molar-refractivity contribution >= 4 is 5.97 Å². The number of unbranched alkanes of at least 4 members (excludes halogenated alkanes) is 1. The van der Waals surface area contributed by atoms with Crippen LogP contribution in [0.5, 0.6) is 0 Å². The summed E-state index contributed by atoms with van der Waals surface area (Å²) in [5, 5.41) is 8.42. The highest BCUT2D eigenvalue weighted by Gasteiger charge is 2.42. The summed E-state index contributed by atoms with van der Waals surface area (Å²) in [6.45, 7) is 1.79. The molecule has 0 aromatic heterocycles. The third kappa shape index (κ3) is 2.41. The molecule has 1 atom stereocenters. The van der Waals surface area contributed by atoms with Gasteiger partial charge >= 0.3 is 5.97 Å². The lowest BCUT2D eigenvalue weighted by atomic mass is 9.95. The lowest BCUT2D eigenvalue weighted by Crippen LogP contribution is -2.54. The second-order valence-electron chi connectivity index (χ2n) is 2.75. The maximum atomic E-state index is 12.2. The minimum atomic E-state index is -3.01. The van der Waals surface area contributed by atoms with Gasteiger partial charge in [0.15, 0.2) is 5.54 Å². The fraction of sp³-hybridized carbons (Fsp3) is 0.857. The van der Waals surface area contributed by atoms with Crippen molar-refractivity contribution in [1.29, 1.82) is 0 Å². The molecule has 12 heavy (non-hydrogen) atoms. The number of halogens is 2. The summed E-state index contributed by atoms with van der Waals surface area (Å²) in [5.74, 6) is -1.63. The molecule has 0 saturated carbocycles. The van der Waals surface area contributed by atoms with E-state index in [9.17, 15) is 13.6 Å². The van der Waals surface area contributed by atoms with Gasteiger partial charge in [0.25, 0.3) is 6.43 Å². The predicted octanol–water partition coefficient (Wildman–Crippen LogP) is 1.22. The molecule has 3 N–H and O–H groups in total. The quantitative estimate of drug-likeness (QED) is 0.670. The molecule has 0 saturated heterocycles. The average molecular weight is 181 g/mol. The van der Waals surface area contributed by atoms with Crippen LogP contribution in [0.3, 0.4) is 0 Å². The Bertz CT molecular complexity index is 163. The maximum absolute atomic E-state index is 12.2. The molecule has 0 radical (unpaired) electrons. The Morgan fingerprint density at radius 3 is 2.42 bits per heavy atom. The molecule has 0 heterocycles. The monoisotopic (exact) mass is 181 g/mol. The molecule has 0 aromatic carbocycles. The van der Waals surface area contributed by atoms with E-state index < -0.39 is 17.9 Å². The molecule has 3 nitrogen and oxygen atoms in total. The normalized spacial score (nSPS) is 16.1. The lowest BCUT2D eigenvalue weighted by molar-refractivity contribution is -0.150. The van der Waals surface area contributed by atoms with Crippen molar-refractivity contribution in [2.45, 2.75) is 38.2 Å². The minimum absolute atomic E-state index is 0.184. The van der Waals surface area contributed by atoms with Gasteiger partial charge in [-0.2, -0.15) is 0 Å². The summed E-state index contributed by atoms with van der Waals surface area (Å²) in [4.78, 5) is 10.4. The first-order chi connectivity index (χ1) is 5.45. The van der Waals surface area contributed by atoms with Crippen LogP contribution in [0.15, 0.2) is 0 Å². The molecule has 72 valence electrons. The van der Waals surface area contributed by atoms with E-state index >= 15 is 0 Å². The van der Waals surface area contributed by atoms with Crippen LogP contribution in [0, 0.1) is 0 Å². The molecular formula is C7H13F2NO2. The average Bonchev–Trinajstić information content (AvgIpc) is 1.99. The molecule has 0 bridgehead atoms. The highest BCUT2D eigenvalue weighted by Crippen LogP contribution is 2.20. The molecule has 0 aliphatic heterocycles. The van der Waals surface area contributed by atoms with E-state index in [1.165, 1.54) is 0 Å². The Labute approximate surface area is 69.6 Å². The number of carboxylic acids is 1. The van der Waals surface area contributed by atoms with E-state index in [4.69, 9.17) is 10.8 Å². The molecule has 0 aliphatic carbocycles. The Morgan fingerprint density at radius 2 is 2.17 bits per heavy atom. The number of aliphatic carboxylic acids is 1. The third-order valence-electron chi connectivity index (χ3n) is 1.73. The van der Waals surface area contributed by atoms with E-state index in [-0.39, 0.29) is 6.42 Å². The first-order valence-corrected chi connectivity index (χ1v) is 3.75. The summed E-state index contributed by atoms with van der Waals surface area (Å²) in [6.07, 6.45) is -2.15. The van der Waals surface area contributed by atoms with Crippen LogP contribution in [0.2, 0.25) is 0 Å². The van der Waals surface area contributed by atoms with Crippen LogP contribution >= 0.6 is 0 Å². The Kier molecular flexibility index (Phi) is 4.09. The molecule has 1 unspecified atom stereocenters. The smallest absolute Gasteiger partial charge is 0.329 e. The van der Waals surface area contributed by atoms with Gasteiger partial charge in [0.1, 0.15) is 0 Å². The highest BCUT2D eigenvalue weighted by atomic mass is 19.3. The van der Waals surface area contributed by atoms with Crippen molar-refractivity contribution in [2.75, 3.05) is 0 Å². The summed E-state index contributed by atoms with van der Waals surface area (Å²) in [5.41, 5.74) is 2.66. The van der Waals surface area contributed by atoms with Gasteiger partial charge in [-0.25, -0.2) is 13.6 Å². The minimum Gasteiger partial charge on any atom is -0.480 e. The zero-order chi connectivity index (χ0) is 9.78. The molecule has 5 heteroatoms. The fourth-order valence-electron chi connectivity index (χ4n) is 0.779. The molecule has 0 amide bonds. The number of nitrogens with two attached hydrogens (primary N) is 1. The largest absolute Gasteiger partial charge is 0.480 e. The van der Waals surface area contributed by atoms with Gasteiger partial charge in [0, 0.05) is 0 Å². The van der Waals surface area contributed by atoms with E-state index in [1.807, 2.05) is 0 Å². The third-order valence-corrected chi connectivity index (χ3v) is 1.73. The van der Waals surface area contributed by atoms with Gasteiger partial charge in [-0.15, -0.1) is 0 Å². The van der Waals surface area contributed by atoms with E-state index in [0.717, 1.165) is 0 Å². The number of carboxylic acid groups (broad SMARTS) is 1. The fourth-order valence-corrected chi connectivity index (χ4v) is 0.779. The van der Waals surface area contributed by atoms with E-state index in [0.29, 0.717) is 12.8 Å². The predicted molar refractivity (Wildman–Crippen MR) is 40.1 cm³/mol. The standard InChI is InChI=1S/C7H13F2NO2/c1-2-3-4-7(10,5(8)9)6(11)12/h5H,2-4,10H2,1H3,(H,11,12). The molecule has 0 spiro atoms. The Balaban J connectivity index is 4.29. The first kappa shape index (κ1) is 11.3. The first-order valence-electron chi connectivity index (χ1n) is 3.75. The number of alkyl halides is 2. The van der Waals surface area contributed by atoms with Crippen molar-refractivity contribution in [2.24, 2.45) is 5.73 Å². The van der Waals surface area contributed by atoms with E-state index in [2.05, 4.69) is 0 Å². The molecule has 0 fully saturated rings.